The first-order valence-corrected chi connectivity index (χ1v) is 7.47. The molecule has 3 nitrogen and oxygen atoms in total. The van der Waals surface area contributed by atoms with Crippen molar-refractivity contribution in [1.29, 1.82) is 0 Å². The molecule has 0 spiro atoms. The summed E-state index contributed by atoms with van der Waals surface area (Å²) in [5.74, 6) is -0.0281. The molecule has 0 bridgehead atoms. The largest absolute Gasteiger partial charge is 0.311 e. The zero-order chi connectivity index (χ0) is 14.7. The van der Waals surface area contributed by atoms with Gasteiger partial charge in [-0.15, -0.1) is 11.3 Å². The Kier molecular flexibility index (Phi) is 3.79. The molecule has 0 radical (unpaired) electrons. The van der Waals surface area contributed by atoms with Crippen LogP contribution in [0.1, 0.15) is 10.4 Å². The monoisotopic (exact) mass is 294 g/mol. The maximum absolute atomic E-state index is 12.6. The van der Waals surface area contributed by atoms with Crippen LogP contribution in [-0.4, -0.2) is 17.9 Å². The second-order valence-corrected chi connectivity index (χ2v) is 5.51. The highest BCUT2D eigenvalue weighted by atomic mass is 32.1. The zero-order valence-electron chi connectivity index (χ0n) is 11.6. The number of carbonyl (C=O) groups is 1. The number of carbonyl (C=O) groups excluding carboxylic acids is 1. The van der Waals surface area contributed by atoms with Gasteiger partial charge in [0.1, 0.15) is 5.01 Å². The third kappa shape index (κ3) is 2.85. The minimum atomic E-state index is -0.0281. The fourth-order valence-corrected chi connectivity index (χ4v) is 2.75. The number of hydrogen-bond acceptors (Lipinski definition) is 3. The molecule has 0 saturated heterocycles. The van der Waals surface area contributed by atoms with Crippen molar-refractivity contribution in [2.45, 2.75) is 0 Å². The molecule has 1 amide bonds. The summed E-state index contributed by atoms with van der Waals surface area (Å²) in [5.41, 5.74) is 2.51. The van der Waals surface area contributed by atoms with Gasteiger partial charge >= 0.3 is 0 Å². The smallest absolute Gasteiger partial charge is 0.258 e. The Morgan fingerprint density at radius 2 is 1.90 bits per heavy atom. The maximum atomic E-state index is 12.6. The van der Waals surface area contributed by atoms with Crippen molar-refractivity contribution >= 4 is 22.9 Å². The Morgan fingerprint density at radius 1 is 1.10 bits per heavy atom. The van der Waals surface area contributed by atoms with Crippen molar-refractivity contribution in [1.82, 2.24) is 4.98 Å². The summed E-state index contributed by atoms with van der Waals surface area (Å²) in [6.07, 6.45) is 1.77. The number of benzene rings is 2. The quantitative estimate of drug-likeness (QED) is 0.729. The van der Waals surface area contributed by atoms with Gasteiger partial charge in [-0.05, 0) is 24.3 Å². The Bertz CT molecular complexity index is 739. The minimum absolute atomic E-state index is 0.0281. The van der Waals surface area contributed by atoms with E-state index < -0.39 is 0 Å². The first-order chi connectivity index (χ1) is 10.3. The number of para-hydroxylation sites is 1. The molecule has 4 heteroatoms. The fourth-order valence-electron chi connectivity index (χ4n) is 2.11. The number of rotatable bonds is 3. The first kappa shape index (κ1) is 13.5. The van der Waals surface area contributed by atoms with Crippen molar-refractivity contribution in [2.75, 3.05) is 11.9 Å². The van der Waals surface area contributed by atoms with Gasteiger partial charge in [0.2, 0.25) is 0 Å². The van der Waals surface area contributed by atoms with Gasteiger partial charge in [0.05, 0.1) is 0 Å². The van der Waals surface area contributed by atoms with Gasteiger partial charge in [0, 0.05) is 35.4 Å². The standard InChI is InChI=1S/C17H14N2OS/c1-19(15-8-3-2-4-9-15)17(20)14-7-5-6-13(12-14)16-18-10-11-21-16/h2-12H,1H3. The Hall–Kier alpha value is -2.46. The molecule has 0 N–H and O–H groups in total. The van der Waals surface area contributed by atoms with Crippen molar-refractivity contribution in [3.63, 3.8) is 0 Å². The average molecular weight is 294 g/mol. The van der Waals surface area contributed by atoms with Gasteiger partial charge in [-0.25, -0.2) is 4.98 Å². The topological polar surface area (TPSA) is 33.2 Å². The van der Waals surface area contributed by atoms with E-state index in [1.54, 1.807) is 29.5 Å². The molecule has 21 heavy (non-hydrogen) atoms. The van der Waals surface area contributed by atoms with Crippen molar-refractivity contribution in [3.8, 4) is 10.6 Å². The van der Waals surface area contributed by atoms with Gasteiger partial charge in [-0.3, -0.25) is 4.79 Å². The van der Waals surface area contributed by atoms with E-state index in [2.05, 4.69) is 4.98 Å². The van der Waals surface area contributed by atoms with Crippen LogP contribution in [0.4, 0.5) is 5.69 Å². The number of aromatic nitrogens is 1. The average Bonchev–Trinajstić information content (AvgIpc) is 3.09. The Morgan fingerprint density at radius 3 is 2.62 bits per heavy atom. The third-order valence-electron chi connectivity index (χ3n) is 3.24. The summed E-state index contributed by atoms with van der Waals surface area (Å²) in [4.78, 5) is 18.5. The number of nitrogens with zero attached hydrogens (tertiary/aromatic N) is 2. The third-order valence-corrected chi connectivity index (χ3v) is 4.06. The predicted molar refractivity (Wildman–Crippen MR) is 86.7 cm³/mol. The van der Waals surface area contributed by atoms with E-state index in [-0.39, 0.29) is 5.91 Å². The molecule has 104 valence electrons. The van der Waals surface area contributed by atoms with Crippen LogP contribution in [0.2, 0.25) is 0 Å². The van der Waals surface area contributed by atoms with Crippen LogP contribution in [0.5, 0.6) is 0 Å². The lowest BCUT2D eigenvalue weighted by molar-refractivity contribution is 0.0993. The molecule has 0 unspecified atom stereocenters. The van der Waals surface area contributed by atoms with Crippen LogP contribution in [0.3, 0.4) is 0 Å². The molecular formula is C17H14N2OS. The highest BCUT2D eigenvalue weighted by molar-refractivity contribution is 7.13. The SMILES string of the molecule is CN(C(=O)c1cccc(-c2nccs2)c1)c1ccccc1. The van der Waals surface area contributed by atoms with E-state index in [0.717, 1.165) is 16.3 Å². The van der Waals surface area contributed by atoms with Gasteiger partial charge in [0.15, 0.2) is 0 Å². The molecule has 0 fully saturated rings. The number of thiazole rings is 1. The molecule has 3 rings (SSSR count). The molecule has 1 heterocycles. The predicted octanol–water partition coefficient (Wildman–Crippen LogP) is 4.09. The van der Waals surface area contributed by atoms with Gasteiger partial charge < -0.3 is 4.90 Å². The van der Waals surface area contributed by atoms with Crippen molar-refractivity contribution < 1.29 is 4.79 Å². The molecule has 0 aliphatic rings. The first-order valence-electron chi connectivity index (χ1n) is 6.59. The van der Waals surface area contributed by atoms with E-state index in [1.807, 2.05) is 60.0 Å². The maximum Gasteiger partial charge on any atom is 0.258 e. The van der Waals surface area contributed by atoms with Crippen LogP contribution in [0, 0.1) is 0 Å². The van der Waals surface area contributed by atoms with Crippen LogP contribution in [-0.2, 0) is 0 Å². The molecular weight excluding hydrogens is 280 g/mol. The van der Waals surface area contributed by atoms with Crippen LogP contribution < -0.4 is 4.90 Å². The lowest BCUT2D eigenvalue weighted by atomic mass is 10.1. The molecule has 3 aromatic rings. The second kappa shape index (κ2) is 5.89. The molecule has 2 aromatic carbocycles. The highest BCUT2D eigenvalue weighted by Crippen LogP contribution is 2.23. The fraction of sp³-hybridized carbons (Fsp3) is 0.0588. The lowest BCUT2D eigenvalue weighted by Crippen LogP contribution is -2.26. The van der Waals surface area contributed by atoms with Gasteiger partial charge in [-0.2, -0.15) is 0 Å². The summed E-state index contributed by atoms with van der Waals surface area (Å²) in [6, 6.07) is 17.2. The Balaban J connectivity index is 1.90. The normalized spacial score (nSPS) is 10.3. The highest BCUT2D eigenvalue weighted by Gasteiger charge is 2.14. The summed E-state index contributed by atoms with van der Waals surface area (Å²) >= 11 is 1.57. The molecule has 1 aromatic heterocycles. The number of anilines is 1. The summed E-state index contributed by atoms with van der Waals surface area (Å²) < 4.78 is 0. The molecule has 0 aliphatic carbocycles. The molecule has 0 atom stereocenters. The van der Waals surface area contributed by atoms with E-state index in [0.29, 0.717) is 5.56 Å². The molecule has 0 saturated carbocycles. The van der Waals surface area contributed by atoms with Crippen molar-refractivity contribution in [2.24, 2.45) is 0 Å². The number of hydrogen-bond donors (Lipinski definition) is 0. The van der Waals surface area contributed by atoms with E-state index >= 15 is 0 Å². The van der Waals surface area contributed by atoms with Gasteiger partial charge in [0.25, 0.3) is 5.91 Å². The summed E-state index contributed by atoms with van der Waals surface area (Å²) in [6.45, 7) is 0. The van der Waals surface area contributed by atoms with Gasteiger partial charge in [-0.1, -0.05) is 30.3 Å². The van der Waals surface area contributed by atoms with E-state index in [1.165, 1.54) is 0 Å². The number of amides is 1. The van der Waals surface area contributed by atoms with E-state index in [9.17, 15) is 4.79 Å². The minimum Gasteiger partial charge on any atom is -0.311 e. The Labute approximate surface area is 127 Å². The second-order valence-electron chi connectivity index (χ2n) is 4.62. The van der Waals surface area contributed by atoms with Crippen LogP contribution in [0.25, 0.3) is 10.6 Å². The summed E-state index contributed by atoms with van der Waals surface area (Å²) in [7, 11) is 1.79. The van der Waals surface area contributed by atoms with Crippen LogP contribution in [0.15, 0.2) is 66.2 Å². The molecule has 0 aliphatic heterocycles. The van der Waals surface area contributed by atoms with Crippen molar-refractivity contribution in [3.05, 3.63) is 71.7 Å². The zero-order valence-corrected chi connectivity index (χ0v) is 12.4. The summed E-state index contributed by atoms with van der Waals surface area (Å²) in [5, 5.41) is 2.85. The van der Waals surface area contributed by atoms with Crippen LogP contribution >= 0.6 is 11.3 Å². The van der Waals surface area contributed by atoms with E-state index in [4.69, 9.17) is 0 Å². The lowest BCUT2D eigenvalue weighted by Gasteiger charge is -2.17.